The molecule has 0 saturated carbocycles. The molecule has 0 aliphatic rings. The summed E-state index contributed by atoms with van der Waals surface area (Å²) in [6.45, 7) is 6.95. The highest BCUT2D eigenvalue weighted by Gasteiger charge is 2.19. The number of aromatic nitrogens is 2. The lowest BCUT2D eigenvalue weighted by Gasteiger charge is -2.17. The maximum atomic E-state index is 12.7. The Morgan fingerprint density at radius 3 is 2.52 bits per heavy atom. The van der Waals surface area contributed by atoms with Crippen LogP contribution in [0.5, 0.6) is 0 Å². The molecule has 146 valence electrons. The Hall–Kier alpha value is -3.40. The third-order valence-corrected chi connectivity index (χ3v) is 5.29. The van der Waals surface area contributed by atoms with E-state index in [2.05, 4.69) is 48.0 Å². The Kier molecular flexibility index (Phi) is 5.17. The zero-order chi connectivity index (χ0) is 20.4. The van der Waals surface area contributed by atoms with Crippen molar-refractivity contribution in [2.45, 2.75) is 33.4 Å². The normalized spacial score (nSPS) is 12.1. The highest BCUT2D eigenvalue weighted by molar-refractivity contribution is 5.94. The molecule has 1 atom stereocenters. The molecule has 0 radical (unpaired) electrons. The number of hydrogen-bond donors (Lipinski definition) is 1. The largest absolute Gasteiger partial charge is 0.342 e. The molecule has 0 bridgehead atoms. The van der Waals surface area contributed by atoms with Crippen molar-refractivity contribution in [2.75, 3.05) is 0 Å². The molecule has 0 aliphatic heterocycles. The van der Waals surface area contributed by atoms with Crippen LogP contribution in [0.15, 0.2) is 72.8 Å². The standard InChI is InChI=1S/C25H25N3O/c1-17-13-14-18(2)21(15-17)16-28-23-12-8-7-11-22(23)27-24(28)19(3)26-25(29)20-9-5-4-6-10-20/h4-15,19H,16H2,1-3H3,(H,26,29)/t19-/m1/s1. The van der Waals surface area contributed by atoms with E-state index in [1.807, 2.05) is 55.5 Å². The molecule has 4 aromatic rings. The molecule has 29 heavy (non-hydrogen) atoms. The van der Waals surface area contributed by atoms with Crippen LogP contribution in [-0.4, -0.2) is 15.5 Å². The molecule has 0 aliphatic carbocycles. The lowest BCUT2D eigenvalue weighted by atomic mass is 10.1. The van der Waals surface area contributed by atoms with Crippen LogP contribution in [0, 0.1) is 13.8 Å². The van der Waals surface area contributed by atoms with Crippen LogP contribution >= 0.6 is 0 Å². The second-order valence-electron chi connectivity index (χ2n) is 7.54. The molecule has 1 heterocycles. The molecule has 1 N–H and O–H groups in total. The minimum absolute atomic E-state index is 0.0940. The highest BCUT2D eigenvalue weighted by Crippen LogP contribution is 2.24. The van der Waals surface area contributed by atoms with Crippen LogP contribution < -0.4 is 5.32 Å². The van der Waals surface area contributed by atoms with Crippen molar-refractivity contribution in [2.24, 2.45) is 0 Å². The number of carbonyl (C=O) groups is 1. The van der Waals surface area contributed by atoms with E-state index in [1.54, 1.807) is 0 Å². The third-order valence-electron chi connectivity index (χ3n) is 5.29. The molecule has 1 amide bonds. The van der Waals surface area contributed by atoms with Crippen LogP contribution in [0.25, 0.3) is 11.0 Å². The SMILES string of the molecule is Cc1ccc(C)c(Cn2c([C@@H](C)NC(=O)c3ccccc3)nc3ccccc32)c1. The van der Waals surface area contributed by atoms with Crippen LogP contribution in [0.1, 0.15) is 45.8 Å². The lowest BCUT2D eigenvalue weighted by Crippen LogP contribution is -2.28. The zero-order valence-electron chi connectivity index (χ0n) is 17.0. The summed E-state index contributed by atoms with van der Waals surface area (Å²) in [6.07, 6.45) is 0. The second-order valence-corrected chi connectivity index (χ2v) is 7.54. The van der Waals surface area contributed by atoms with Gasteiger partial charge in [-0.2, -0.15) is 0 Å². The van der Waals surface area contributed by atoms with E-state index in [0.29, 0.717) is 5.56 Å². The number of para-hydroxylation sites is 2. The van der Waals surface area contributed by atoms with Gasteiger partial charge >= 0.3 is 0 Å². The fraction of sp³-hybridized carbons (Fsp3) is 0.200. The molecule has 4 heteroatoms. The number of rotatable bonds is 5. The van der Waals surface area contributed by atoms with E-state index < -0.39 is 0 Å². The molecule has 0 spiro atoms. The number of imidazole rings is 1. The van der Waals surface area contributed by atoms with Crippen molar-refractivity contribution in [1.82, 2.24) is 14.9 Å². The minimum atomic E-state index is -0.222. The van der Waals surface area contributed by atoms with Crippen molar-refractivity contribution < 1.29 is 4.79 Å². The predicted molar refractivity (Wildman–Crippen MR) is 117 cm³/mol. The van der Waals surface area contributed by atoms with Crippen LogP contribution in [0.2, 0.25) is 0 Å². The maximum absolute atomic E-state index is 12.7. The van der Waals surface area contributed by atoms with Gasteiger partial charge in [0.2, 0.25) is 0 Å². The second kappa shape index (κ2) is 7.92. The van der Waals surface area contributed by atoms with Crippen molar-refractivity contribution in [3.63, 3.8) is 0 Å². The van der Waals surface area contributed by atoms with Crippen molar-refractivity contribution >= 4 is 16.9 Å². The van der Waals surface area contributed by atoms with Gasteiger partial charge in [-0.05, 0) is 56.2 Å². The fourth-order valence-electron chi connectivity index (χ4n) is 3.67. The number of nitrogens with zero attached hydrogens (tertiary/aromatic N) is 2. The monoisotopic (exact) mass is 383 g/mol. The lowest BCUT2D eigenvalue weighted by molar-refractivity contribution is 0.0938. The molecule has 3 aromatic carbocycles. The van der Waals surface area contributed by atoms with E-state index in [0.717, 1.165) is 23.4 Å². The minimum Gasteiger partial charge on any atom is -0.342 e. The first-order valence-corrected chi connectivity index (χ1v) is 9.90. The van der Waals surface area contributed by atoms with Crippen LogP contribution in [0.4, 0.5) is 0 Å². The van der Waals surface area contributed by atoms with Gasteiger partial charge in [-0.3, -0.25) is 4.79 Å². The molecular weight excluding hydrogens is 358 g/mol. The third kappa shape index (κ3) is 3.92. The van der Waals surface area contributed by atoms with E-state index in [-0.39, 0.29) is 11.9 Å². The van der Waals surface area contributed by atoms with Gasteiger partial charge < -0.3 is 9.88 Å². The number of benzene rings is 3. The van der Waals surface area contributed by atoms with Gasteiger partial charge in [0, 0.05) is 12.1 Å². The Morgan fingerprint density at radius 1 is 1.00 bits per heavy atom. The van der Waals surface area contributed by atoms with E-state index in [1.165, 1.54) is 16.7 Å². The van der Waals surface area contributed by atoms with E-state index in [9.17, 15) is 4.79 Å². The first-order valence-electron chi connectivity index (χ1n) is 9.90. The highest BCUT2D eigenvalue weighted by atomic mass is 16.1. The Balaban J connectivity index is 1.71. The molecule has 0 saturated heterocycles. The van der Waals surface area contributed by atoms with Crippen molar-refractivity contribution in [3.05, 3.63) is 101 Å². The van der Waals surface area contributed by atoms with Gasteiger partial charge in [-0.1, -0.05) is 54.1 Å². The summed E-state index contributed by atoms with van der Waals surface area (Å²) in [5.74, 6) is 0.764. The molecule has 4 rings (SSSR count). The molecule has 4 nitrogen and oxygen atoms in total. The summed E-state index contributed by atoms with van der Waals surface area (Å²) in [6, 6.07) is 23.7. The average Bonchev–Trinajstić information content (AvgIpc) is 3.10. The van der Waals surface area contributed by atoms with Gasteiger partial charge in [0.05, 0.1) is 17.1 Å². The average molecular weight is 383 g/mol. The first kappa shape index (κ1) is 18.9. The van der Waals surface area contributed by atoms with Crippen molar-refractivity contribution in [3.8, 4) is 0 Å². The van der Waals surface area contributed by atoms with E-state index >= 15 is 0 Å². The fourth-order valence-corrected chi connectivity index (χ4v) is 3.67. The van der Waals surface area contributed by atoms with Crippen LogP contribution in [0.3, 0.4) is 0 Å². The van der Waals surface area contributed by atoms with Gasteiger partial charge in [0.25, 0.3) is 5.91 Å². The Labute approximate surface area is 171 Å². The van der Waals surface area contributed by atoms with Gasteiger partial charge in [-0.15, -0.1) is 0 Å². The molecule has 1 aromatic heterocycles. The van der Waals surface area contributed by atoms with Gasteiger partial charge in [0.1, 0.15) is 5.82 Å². The van der Waals surface area contributed by atoms with Gasteiger partial charge in [0.15, 0.2) is 0 Å². The van der Waals surface area contributed by atoms with Crippen molar-refractivity contribution in [1.29, 1.82) is 0 Å². The number of amides is 1. The topological polar surface area (TPSA) is 46.9 Å². The molecular formula is C25H25N3O. The number of hydrogen-bond acceptors (Lipinski definition) is 2. The van der Waals surface area contributed by atoms with Crippen LogP contribution in [-0.2, 0) is 6.54 Å². The first-order chi connectivity index (χ1) is 14.0. The summed E-state index contributed by atoms with van der Waals surface area (Å²) in [5, 5.41) is 3.10. The Bertz CT molecular complexity index is 1160. The number of fused-ring (bicyclic) bond motifs is 1. The number of nitrogens with one attached hydrogen (secondary N) is 1. The number of carbonyl (C=O) groups excluding carboxylic acids is 1. The maximum Gasteiger partial charge on any atom is 0.251 e. The summed E-state index contributed by atoms with van der Waals surface area (Å²) in [7, 11) is 0. The van der Waals surface area contributed by atoms with E-state index in [4.69, 9.17) is 4.98 Å². The predicted octanol–water partition coefficient (Wildman–Crippen LogP) is 5.19. The zero-order valence-corrected chi connectivity index (χ0v) is 17.0. The summed E-state index contributed by atoms with van der Waals surface area (Å²) < 4.78 is 2.22. The smallest absolute Gasteiger partial charge is 0.251 e. The summed E-state index contributed by atoms with van der Waals surface area (Å²) >= 11 is 0. The molecule has 0 unspecified atom stereocenters. The molecule has 0 fully saturated rings. The summed E-state index contributed by atoms with van der Waals surface area (Å²) in [4.78, 5) is 17.5. The Morgan fingerprint density at radius 2 is 1.72 bits per heavy atom. The quantitative estimate of drug-likeness (QED) is 0.515. The number of aryl methyl sites for hydroxylation is 2. The summed E-state index contributed by atoms with van der Waals surface area (Å²) in [5.41, 5.74) is 6.41. The van der Waals surface area contributed by atoms with Gasteiger partial charge in [-0.25, -0.2) is 4.98 Å².